The fourth-order valence-corrected chi connectivity index (χ4v) is 6.29. The molecule has 0 saturated carbocycles. The van der Waals surface area contributed by atoms with Crippen LogP contribution in [0.3, 0.4) is 0 Å². The van der Waals surface area contributed by atoms with E-state index in [0.717, 1.165) is 44.3 Å². The van der Waals surface area contributed by atoms with Crippen molar-refractivity contribution in [3.8, 4) is 0 Å². The van der Waals surface area contributed by atoms with Gasteiger partial charge in [0.25, 0.3) is 0 Å². The Balaban J connectivity index is 1.13. The first-order valence-corrected chi connectivity index (χ1v) is 14.4. The molecule has 4 aliphatic rings. The molecule has 196 valence electrons. The Morgan fingerprint density at radius 3 is 2.74 bits per heavy atom. The summed E-state index contributed by atoms with van der Waals surface area (Å²) in [6.45, 7) is 12.5. The van der Waals surface area contributed by atoms with Crippen molar-refractivity contribution in [2.45, 2.75) is 39.5 Å². The highest BCUT2D eigenvalue weighted by Gasteiger charge is 2.22. The van der Waals surface area contributed by atoms with Crippen LogP contribution in [-0.2, 0) is 6.42 Å². The van der Waals surface area contributed by atoms with E-state index in [2.05, 4.69) is 95.5 Å². The highest BCUT2D eigenvalue weighted by atomic mass is 15.2. The molecule has 0 unspecified atom stereocenters. The van der Waals surface area contributed by atoms with Gasteiger partial charge < -0.3 is 15.1 Å². The van der Waals surface area contributed by atoms with Crippen LogP contribution in [0.15, 0.2) is 65.1 Å². The molecular weight excluding hydrogens is 464 g/mol. The molecule has 2 saturated heterocycles. The van der Waals surface area contributed by atoms with E-state index < -0.39 is 0 Å². The van der Waals surface area contributed by atoms with Gasteiger partial charge >= 0.3 is 0 Å². The molecule has 2 aliphatic heterocycles. The zero-order chi connectivity index (χ0) is 25.9. The molecule has 1 aromatic carbocycles. The third-order valence-corrected chi connectivity index (χ3v) is 8.66. The van der Waals surface area contributed by atoms with Crippen molar-refractivity contribution in [2.24, 2.45) is 5.92 Å². The number of nitrogens with one attached hydrogen (secondary N) is 1. The summed E-state index contributed by atoms with van der Waals surface area (Å²) in [5.41, 5.74) is 11.2. The zero-order valence-corrected chi connectivity index (χ0v) is 23.0. The monoisotopic (exact) mass is 504 g/mol. The Labute approximate surface area is 227 Å². The third-order valence-electron chi connectivity index (χ3n) is 8.66. The Kier molecular flexibility index (Phi) is 7.47. The van der Waals surface area contributed by atoms with Gasteiger partial charge in [0, 0.05) is 57.5 Å². The van der Waals surface area contributed by atoms with Crippen LogP contribution < -0.4 is 20.7 Å². The lowest BCUT2D eigenvalue weighted by Gasteiger charge is -2.35. The molecule has 4 heteroatoms. The fraction of sp³-hybridized carbons (Fsp3) is 0.412. The van der Waals surface area contributed by atoms with Crippen LogP contribution in [0.25, 0.3) is 18.2 Å². The quantitative estimate of drug-likeness (QED) is 0.620. The SMILES string of the molecule is CC1=C=C(C2=CC=Cc3cc(N4CCC(CCN5CCNCC5)CC4)ncc3C2)C=c2c(C)cccc2=C1. The molecule has 0 atom stereocenters. The summed E-state index contributed by atoms with van der Waals surface area (Å²) >= 11 is 0. The molecule has 4 nitrogen and oxygen atoms in total. The summed E-state index contributed by atoms with van der Waals surface area (Å²) < 4.78 is 0. The first-order chi connectivity index (χ1) is 18.6. The van der Waals surface area contributed by atoms with E-state index >= 15 is 0 Å². The minimum Gasteiger partial charge on any atom is -0.357 e. The molecule has 0 amide bonds. The topological polar surface area (TPSA) is 31.4 Å². The second-order valence-electron chi connectivity index (χ2n) is 11.4. The molecule has 3 heterocycles. The van der Waals surface area contributed by atoms with Crippen molar-refractivity contribution in [1.29, 1.82) is 0 Å². The number of rotatable bonds is 5. The van der Waals surface area contributed by atoms with Crippen LogP contribution in [0.2, 0.25) is 0 Å². The molecule has 2 aromatic rings. The van der Waals surface area contributed by atoms with Crippen LogP contribution in [-0.4, -0.2) is 55.7 Å². The van der Waals surface area contributed by atoms with Crippen molar-refractivity contribution in [2.75, 3.05) is 50.7 Å². The Morgan fingerprint density at radius 1 is 1.05 bits per heavy atom. The molecule has 6 rings (SSSR count). The summed E-state index contributed by atoms with van der Waals surface area (Å²) in [6, 6.07) is 8.84. The van der Waals surface area contributed by atoms with Crippen molar-refractivity contribution >= 4 is 24.0 Å². The van der Waals surface area contributed by atoms with Crippen LogP contribution in [0.1, 0.15) is 42.9 Å². The van der Waals surface area contributed by atoms with Gasteiger partial charge in [0.1, 0.15) is 5.82 Å². The number of benzene rings is 1. The van der Waals surface area contributed by atoms with E-state index in [1.165, 1.54) is 82.7 Å². The molecule has 0 spiro atoms. The first kappa shape index (κ1) is 25.1. The molecule has 2 fully saturated rings. The second kappa shape index (κ2) is 11.3. The van der Waals surface area contributed by atoms with E-state index in [-0.39, 0.29) is 0 Å². The Hall–Kier alpha value is -3.17. The average Bonchev–Trinajstić information content (AvgIpc) is 3.26. The number of piperidine rings is 1. The number of hydrogen-bond donors (Lipinski definition) is 1. The van der Waals surface area contributed by atoms with Gasteiger partial charge in [-0.05, 0) is 102 Å². The fourth-order valence-electron chi connectivity index (χ4n) is 6.29. The summed E-state index contributed by atoms with van der Waals surface area (Å²) in [5.74, 6) is 1.98. The van der Waals surface area contributed by atoms with Crippen LogP contribution in [0.4, 0.5) is 5.82 Å². The Bertz CT molecular complexity index is 1440. The minimum atomic E-state index is 0.847. The van der Waals surface area contributed by atoms with Crippen molar-refractivity contribution in [1.82, 2.24) is 15.2 Å². The highest BCUT2D eigenvalue weighted by molar-refractivity contribution is 5.69. The first-order valence-electron chi connectivity index (χ1n) is 14.4. The maximum atomic E-state index is 4.96. The number of hydrogen-bond acceptors (Lipinski definition) is 4. The van der Waals surface area contributed by atoms with Crippen molar-refractivity contribution < 1.29 is 0 Å². The molecule has 0 bridgehead atoms. The number of allylic oxidation sites excluding steroid dienone is 4. The smallest absolute Gasteiger partial charge is 0.129 e. The van der Waals surface area contributed by atoms with E-state index in [0.29, 0.717) is 0 Å². The molecule has 1 aromatic heterocycles. The van der Waals surface area contributed by atoms with Gasteiger partial charge in [-0.15, -0.1) is 5.73 Å². The maximum absolute atomic E-state index is 4.96. The summed E-state index contributed by atoms with van der Waals surface area (Å²) in [6.07, 6.45) is 18.2. The van der Waals surface area contributed by atoms with Crippen molar-refractivity contribution in [3.63, 3.8) is 0 Å². The van der Waals surface area contributed by atoms with E-state index in [4.69, 9.17) is 4.98 Å². The lowest BCUT2D eigenvalue weighted by atomic mass is 9.93. The predicted molar refractivity (Wildman–Crippen MR) is 159 cm³/mol. The number of aromatic nitrogens is 1. The minimum absolute atomic E-state index is 0.847. The second-order valence-corrected chi connectivity index (χ2v) is 11.4. The van der Waals surface area contributed by atoms with E-state index in [9.17, 15) is 0 Å². The van der Waals surface area contributed by atoms with E-state index in [1.54, 1.807) is 0 Å². The van der Waals surface area contributed by atoms with E-state index in [1.807, 2.05) is 0 Å². The lowest BCUT2D eigenvalue weighted by Crippen LogP contribution is -2.44. The number of piperazine rings is 1. The predicted octanol–water partition coefficient (Wildman–Crippen LogP) is 4.14. The van der Waals surface area contributed by atoms with Gasteiger partial charge in [0.2, 0.25) is 0 Å². The van der Waals surface area contributed by atoms with Gasteiger partial charge in [0.15, 0.2) is 0 Å². The largest absolute Gasteiger partial charge is 0.357 e. The number of pyridine rings is 1. The van der Waals surface area contributed by atoms with Gasteiger partial charge in [-0.2, -0.15) is 0 Å². The summed E-state index contributed by atoms with van der Waals surface area (Å²) in [5, 5.41) is 6.03. The summed E-state index contributed by atoms with van der Waals surface area (Å²) in [4.78, 5) is 10.1. The van der Waals surface area contributed by atoms with Crippen LogP contribution >= 0.6 is 0 Å². The Morgan fingerprint density at radius 2 is 1.89 bits per heavy atom. The lowest BCUT2D eigenvalue weighted by molar-refractivity contribution is 0.215. The number of aryl methyl sites for hydroxylation is 1. The molecule has 2 aliphatic carbocycles. The van der Waals surface area contributed by atoms with Gasteiger partial charge in [-0.3, -0.25) is 0 Å². The maximum Gasteiger partial charge on any atom is 0.129 e. The number of anilines is 1. The third kappa shape index (κ3) is 5.63. The normalized spacial score (nSPS) is 20.2. The number of nitrogens with zero attached hydrogens (tertiary/aromatic N) is 3. The van der Waals surface area contributed by atoms with Gasteiger partial charge in [0.05, 0.1) is 0 Å². The molecule has 38 heavy (non-hydrogen) atoms. The zero-order valence-electron chi connectivity index (χ0n) is 23.0. The average molecular weight is 505 g/mol. The standard InChI is InChI=1S/C34H40N4/c1-25-19-30-8-3-5-26(2)33(30)22-31(20-25)28-6-4-7-29-23-34(36-24-32(29)21-28)38-15-10-27(11-16-38)9-14-37-17-12-35-13-18-37/h3-8,19,22-24,27,35H,9-18,21H2,1-2H3. The highest BCUT2D eigenvalue weighted by Crippen LogP contribution is 2.29. The van der Waals surface area contributed by atoms with Crippen LogP contribution in [0.5, 0.6) is 0 Å². The molecule has 1 N–H and O–H groups in total. The molecular formula is C34H40N4. The summed E-state index contributed by atoms with van der Waals surface area (Å²) in [7, 11) is 0. The van der Waals surface area contributed by atoms with Gasteiger partial charge in [-0.1, -0.05) is 36.4 Å². The van der Waals surface area contributed by atoms with Crippen molar-refractivity contribution in [3.05, 3.63) is 92.2 Å². The van der Waals surface area contributed by atoms with Crippen LogP contribution in [0, 0.1) is 12.8 Å². The van der Waals surface area contributed by atoms with Gasteiger partial charge in [-0.25, -0.2) is 4.98 Å². The molecule has 0 radical (unpaired) electrons. The number of fused-ring (bicyclic) bond motifs is 2.